The van der Waals surface area contributed by atoms with Crippen molar-refractivity contribution in [2.45, 2.75) is 24.5 Å². The second-order valence-corrected chi connectivity index (χ2v) is 3.56. The van der Waals surface area contributed by atoms with Crippen LogP contribution in [0.1, 0.15) is 11.7 Å². The van der Waals surface area contributed by atoms with Crippen molar-refractivity contribution in [3.8, 4) is 0 Å². The summed E-state index contributed by atoms with van der Waals surface area (Å²) in [6.07, 6.45) is -2.53. The highest BCUT2D eigenvalue weighted by molar-refractivity contribution is 5.13. The second-order valence-electron chi connectivity index (χ2n) is 3.56. The molecule has 16 heavy (non-hydrogen) atoms. The highest BCUT2D eigenvalue weighted by Crippen LogP contribution is 2.34. The standard InChI is InChI=1S/C9H11FN2O4/c10-6-7(14)5(3-13)16-8(6)4-1-11-9(15)12-2-4/h1-2,5-8,13-14H,3H2,(H,11,12,15)/t5-,6+,7?,8+/m1/s1. The molecule has 1 fully saturated rings. The molecule has 0 saturated carbocycles. The number of halogens is 1. The lowest BCUT2D eigenvalue weighted by molar-refractivity contribution is -0.0227. The van der Waals surface area contributed by atoms with Gasteiger partial charge in [-0.15, -0.1) is 0 Å². The zero-order valence-electron chi connectivity index (χ0n) is 8.21. The molecule has 7 heteroatoms. The molecule has 1 aromatic rings. The first-order chi connectivity index (χ1) is 7.63. The van der Waals surface area contributed by atoms with Crippen molar-refractivity contribution in [2.75, 3.05) is 6.61 Å². The molecule has 0 amide bonds. The highest BCUT2D eigenvalue weighted by atomic mass is 19.1. The largest absolute Gasteiger partial charge is 0.394 e. The maximum atomic E-state index is 13.6. The molecule has 0 bridgehead atoms. The van der Waals surface area contributed by atoms with E-state index in [-0.39, 0.29) is 0 Å². The molecule has 1 unspecified atom stereocenters. The number of hydrogen-bond donors (Lipinski definition) is 3. The number of aliphatic hydroxyl groups is 2. The topological polar surface area (TPSA) is 95.4 Å². The minimum Gasteiger partial charge on any atom is -0.394 e. The molecule has 1 aliphatic heterocycles. The van der Waals surface area contributed by atoms with Crippen LogP contribution >= 0.6 is 0 Å². The Morgan fingerprint density at radius 1 is 1.62 bits per heavy atom. The monoisotopic (exact) mass is 230 g/mol. The normalized spacial score (nSPS) is 34.2. The lowest BCUT2D eigenvalue weighted by atomic mass is 10.1. The van der Waals surface area contributed by atoms with Crippen LogP contribution in [-0.2, 0) is 4.74 Å². The number of aliphatic hydroxyl groups excluding tert-OH is 2. The van der Waals surface area contributed by atoms with Gasteiger partial charge in [0.15, 0.2) is 6.17 Å². The van der Waals surface area contributed by atoms with Gasteiger partial charge in [0.05, 0.1) is 6.61 Å². The van der Waals surface area contributed by atoms with E-state index in [1.807, 2.05) is 0 Å². The van der Waals surface area contributed by atoms with Crippen LogP contribution in [-0.4, -0.2) is 45.2 Å². The Bertz CT molecular complexity index is 404. The number of alkyl halides is 1. The molecule has 6 nitrogen and oxygen atoms in total. The van der Waals surface area contributed by atoms with Gasteiger partial charge < -0.3 is 19.9 Å². The molecule has 2 heterocycles. The first-order valence-electron chi connectivity index (χ1n) is 4.76. The van der Waals surface area contributed by atoms with E-state index >= 15 is 0 Å². The molecule has 1 aromatic heterocycles. The van der Waals surface area contributed by atoms with Crippen LogP contribution in [0.15, 0.2) is 17.2 Å². The Labute approximate surface area is 89.7 Å². The molecule has 1 saturated heterocycles. The Hall–Kier alpha value is -1.31. The Morgan fingerprint density at radius 2 is 2.38 bits per heavy atom. The molecular formula is C9H11FN2O4. The summed E-state index contributed by atoms with van der Waals surface area (Å²) in [6, 6.07) is 0. The van der Waals surface area contributed by atoms with Gasteiger partial charge in [0.25, 0.3) is 0 Å². The summed E-state index contributed by atoms with van der Waals surface area (Å²) in [5, 5.41) is 18.2. The number of ether oxygens (including phenoxy) is 1. The lowest BCUT2D eigenvalue weighted by Gasteiger charge is -2.11. The highest BCUT2D eigenvalue weighted by Gasteiger charge is 2.44. The van der Waals surface area contributed by atoms with Crippen LogP contribution in [0, 0.1) is 0 Å². The average Bonchev–Trinajstić information content (AvgIpc) is 2.57. The predicted molar refractivity (Wildman–Crippen MR) is 50.5 cm³/mol. The molecule has 0 aromatic carbocycles. The summed E-state index contributed by atoms with van der Waals surface area (Å²) in [6.45, 7) is -0.463. The molecule has 4 atom stereocenters. The number of rotatable bonds is 2. The summed E-state index contributed by atoms with van der Waals surface area (Å²) in [5.74, 6) is 0. The zero-order valence-corrected chi connectivity index (χ0v) is 8.21. The molecular weight excluding hydrogens is 219 g/mol. The van der Waals surface area contributed by atoms with Crippen molar-refractivity contribution in [2.24, 2.45) is 0 Å². The third kappa shape index (κ3) is 1.84. The van der Waals surface area contributed by atoms with Crippen LogP contribution in [0.3, 0.4) is 0 Å². The number of H-pyrrole nitrogens is 1. The molecule has 0 radical (unpaired) electrons. The van der Waals surface area contributed by atoms with Crippen molar-refractivity contribution < 1.29 is 19.3 Å². The first-order valence-corrected chi connectivity index (χ1v) is 4.76. The first kappa shape index (κ1) is 11.2. The molecule has 0 spiro atoms. The fraction of sp³-hybridized carbons (Fsp3) is 0.556. The van der Waals surface area contributed by atoms with Gasteiger partial charge in [-0.3, -0.25) is 0 Å². The third-order valence-corrected chi connectivity index (χ3v) is 2.52. The van der Waals surface area contributed by atoms with Crippen molar-refractivity contribution in [1.29, 1.82) is 0 Å². The van der Waals surface area contributed by atoms with Crippen LogP contribution in [0.4, 0.5) is 4.39 Å². The number of aromatic nitrogens is 2. The van der Waals surface area contributed by atoms with Gasteiger partial charge in [-0.25, -0.2) is 14.2 Å². The van der Waals surface area contributed by atoms with Gasteiger partial charge in [-0.2, -0.15) is 0 Å². The molecule has 0 aliphatic carbocycles. The van der Waals surface area contributed by atoms with Crippen molar-refractivity contribution in [1.82, 2.24) is 9.97 Å². The third-order valence-electron chi connectivity index (χ3n) is 2.52. The summed E-state index contributed by atoms with van der Waals surface area (Å²) in [5.41, 5.74) is -0.224. The van der Waals surface area contributed by atoms with E-state index < -0.39 is 36.8 Å². The molecule has 88 valence electrons. The van der Waals surface area contributed by atoms with Crippen molar-refractivity contribution >= 4 is 0 Å². The van der Waals surface area contributed by atoms with E-state index in [9.17, 15) is 14.3 Å². The Kier molecular flexibility index (Phi) is 2.99. The maximum Gasteiger partial charge on any atom is 0.344 e. The summed E-state index contributed by atoms with van der Waals surface area (Å²) >= 11 is 0. The van der Waals surface area contributed by atoms with Gasteiger partial charge in [-0.05, 0) is 0 Å². The average molecular weight is 230 g/mol. The van der Waals surface area contributed by atoms with E-state index in [1.165, 1.54) is 12.4 Å². The number of nitrogens with one attached hydrogen (secondary N) is 1. The SMILES string of the molecule is O=c1ncc([C@@H]2O[C@H](CO)C(O)[C@@H]2F)c[nH]1. The van der Waals surface area contributed by atoms with Gasteiger partial charge in [-0.1, -0.05) is 0 Å². The van der Waals surface area contributed by atoms with Crippen LogP contribution in [0.5, 0.6) is 0 Å². The predicted octanol–water partition coefficient (Wildman–Crippen LogP) is -1.10. The van der Waals surface area contributed by atoms with Crippen molar-refractivity contribution in [3.63, 3.8) is 0 Å². The van der Waals surface area contributed by atoms with E-state index in [0.29, 0.717) is 5.56 Å². The van der Waals surface area contributed by atoms with Gasteiger partial charge in [0, 0.05) is 18.0 Å². The molecule has 1 aliphatic rings. The number of hydrogen-bond acceptors (Lipinski definition) is 5. The Balaban J connectivity index is 2.22. The number of nitrogens with zero attached hydrogens (tertiary/aromatic N) is 1. The molecule has 3 N–H and O–H groups in total. The van der Waals surface area contributed by atoms with Gasteiger partial charge >= 0.3 is 5.69 Å². The van der Waals surface area contributed by atoms with Crippen molar-refractivity contribution in [3.05, 3.63) is 28.4 Å². The van der Waals surface area contributed by atoms with Crippen LogP contribution in [0.2, 0.25) is 0 Å². The lowest BCUT2D eigenvalue weighted by Crippen LogP contribution is -2.30. The van der Waals surface area contributed by atoms with E-state index in [4.69, 9.17) is 9.84 Å². The van der Waals surface area contributed by atoms with E-state index in [2.05, 4.69) is 9.97 Å². The maximum absolute atomic E-state index is 13.6. The summed E-state index contributed by atoms with van der Waals surface area (Å²) in [7, 11) is 0. The van der Waals surface area contributed by atoms with Crippen LogP contribution in [0.25, 0.3) is 0 Å². The van der Waals surface area contributed by atoms with Crippen LogP contribution < -0.4 is 5.69 Å². The van der Waals surface area contributed by atoms with E-state index in [0.717, 1.165) is 0 Å². The number of aromatic amines is 1. The van der Waals surface area contributed by atoms with Gasteiger partial charge in [0.2, 0.25) is 0 Å². The smallest absolute Gasteiger partial charge is 0.344 e. The van der Waals surface area contributed by atoms with Gasteiger partial charge in [0.1, 0.15) is 18.3 Å². The minimum atomic E-state index is -1.65. The zero-order chi connectivity index (χ0) is 11.7. The quantitative estimate of drug-likeness (QED) is 0.599. The van der Waals surface area contributed by atoms with E-state index in [1.54, 1.807) is 0 Å². The minimum absolute atomic E-state index is 0.321. The summed E-state index contributed by atoms with van der Waals surface area (Å²) < 4.78 is 18.7. The second kappa shape index (κ2) is 4.28. The molecule has 2 rings (SSSR count). The Morgan fingerprint density at radius 3 is 2.88 bits per heavy atom. The fourth-order valence-corrected chi connectivity index (χ4v) is 1.65. The summed E-state index contributed by atoms with van der Waals surface area (Å²) in [4.78, 5) is 16.4. The fourth-order valence-electron chi connectivity index (χ4n) is 1.65.